The van der Waals surface area contributed by atoms with E-state index in [1.165, 1.54) is 11.8 Å². The van der Waals surface area contributed by atoms with Crippen LogP contribution in [0.5, 0.6) is 0 Å². The van der Waals surface area contributed by atoms with Crippen molar-refractivity contribution in [1.82, 2.24) is 19.4 Å². The first-order valence-corrected chi connectivity index (χ1v) is 11.1. The van der Waals surface area contributed by atoms with E-state index in [-0.39, 0.29) is 17.2 Å². The zero-order valence-corrected chi connectivity index (χ0v) is 18.4. The van der Waals surface area contributed by atoms with Crippen molar-refractivity contribution in [2.75, 3.05) is 39.0 Å². The number of nitrogens with zero attached hydrogens (tertiary/aromatic N) is 4. The van der Waals surface area contributed by atoms with Gasteiger partial charge in [-0.15, -0.1) is 0 Å². The predicted molar refractivity (Wildman–Crippen MR) is 122 cm³/mol. The second-order valence-corrected chi connectivity index (χ2v) is 8.71. The second-order valence-electron chi connectivity index (χ2n) is 7.77. The highest BCUT2D eigenvalue weighted by molar-refractivity contribution is 7.99. The fourth-order valence-electron chi connectivity index (χ4n) is 3.84. The Morgan fingerprint density at radius 2 is 1.67 bits per heavy atom. The summed E-state index contributed by atoms with van der Waals surface area (Å²) in [6.07, 6.45) is 0. The van der Waals surface area contributed by atoms with Gasteiger partial charge < -0.3 is 9.80 Å². The summed E-state index contributed by atoms with van der Waals surface area (Å²) < 4.78 is 1.68. The van der Waals surface area contributed by atoms with E-state index in [4.69, 9.17) is 4.98 Å². The molecular formula is C23H26N4O2S. The molecule has 6 nitrogen and oxygen atoms in total. The Morgan fingerprint density at radius 3 is 2.37 bits per heavy atom. The fraction of sp³-hybridized carbons (Fsp3) is 0.348. The lowest BCUT2D eigenvalue weighted by atomic mass is 10.1. The molecule has 30 heavy (non-hydrogen) atoms. The van der Waals surface area contributed by atoms with E-state index >= 15 is 0 Å². The summed E-state index contributed by atoms with van der Waals surface area (Å²) in [4.78, 5) is 35.1. The van der Waals surface area contributed by atoms with Gasteiger partial charge in [-0.25, -0.2) is 4.98 Å². The summed E-state index contributed by atoms with van der Waals surface area (Å²) in [6.45, 7) is 7.24. The number of rotatable bonds is 4. The summed E-state index contributed by atoms with van der Waals surface area (Å²) >= 11 is 1.34. The van der Waals surface area contributed by atoms with Crippen LogP contribution in [-0.4, -0.2) is 64.2 Å². The highest BCUT2D eigenvalue weighted by Gasteiger charge is 2.21. The third-order valence-electron chi connectivity index (χ3n) is 5.59. The molecule has 1 aromatic heterocycles. The summed E-state index contributed by atoms with van der Waals surface area (Å²) in [5.74, 6) is 0.350. The van der Waals surface area contributed by atoms with E-state index in [1.807, 2.05) is 55.1 Å². The van der Waals surface area contributed by atoms with Crippen LogP contribution >= 0.6 is 11.8 Å². The minimum atomic E-state index is -0.104. The normalized spacial score (nSPS) is 15.0. The van der Waals surface area contributed by atoms with E-state index in [0.717, 1.165) is 43.0 Å². The molecule has 0 saturated carbocycles. The summed E-state index contributed by atoms with van der Waals surface area (Å²) in [7, 11) is 2.07. The molecule has 0 radical (unpaired) electrons. The molecule has 156 valence electrons. The van der Waals surface area contributed by atoms with Crippen LogP contribution in [0, 0.1) is 13.8 Å². The average molecular weight is 423 g/mol. The first-order chi connectivity index (χ1) is 14.5. The Bertz CT molecular complexity index is 1130. The number of benzene rings is 2. The Balaban J connectivity index is 1.73. The van der Waals surface area contributed by atoms with E-state index in [9.17, 15) is 9.59 Å². The summed E-state index contributed by atoms with van der Waals surface area (Å²) in [5.41, 5.74) is 3.39. The Morgan fingerprint density at radius 1 is 1.00 bits per heavy atom. The number of thioether (sulfide) groups is 1. The lowest BCUT2D eigenvalue weighted by molar-refractivity contribution is -0.129. The van der Waals surface area contributed by atoms with Gasteiger partial charge >= 0.3 is 0 Å². The van der Waals surface area contributed by atoms with Crippen LogP contribution in [-0.2, 0) is 4.79 Å². The molecule has 1 aliphatic heterocycles. The van der Waals surface area contributed by atoms with Crippen LogP contribution in [0.3, 0.4) is 0 Å². The standard InChI is InChI=1S/C23H26N4O2S/c1-16-7-6-8-17(2)21(16)27-22(29)18-9-4-5-10-19(18)24-23(27)30-15-20(28)26-13-11-25(3)12-14-26/h4-10H,11-15H2,1-3H3. The van der Waals surface area contributed by atoms with Gasteiger partial charge in [-0.2, -0.15) is 0 Å². The topological polar surface area (TPSA) is 58.4 Å². The van der Waals surface area contributed by atoms with Crippen LogP contribution in [0.2, 0.25) is 0 Å². The van der Waals surface area contributed by atoms with Crippen molar-refractivity contribution < 1.29 is 4.79 Å². The SMILES string of the molecule is Cc1cccc(C)c1-n1c(SCC(=O)N2CCN(C)CC2)nc2ccccc2c1=O. The number of carbonyl (C=O) groups excluding carboxylic acids is 1. The number of para-hydroxylation sites is 2. The number of hydrogen-bond acceptors (Lipinski definition) is 5. The van der Waals surface area contributed by atoms with Gasteiger partial charge in [-0.3, -0.25) is 14.2 Å². The minimum absolute atomic E-state index is 0.0866. The molecule has 0 atom stereocenters. The van der Waals surface area contributed by atoms with Gasteiger partial charge in [0.15, 0.2) is 5.16 Å². The van der Waals surface area contributed by atoms with Crippen molar-refractivity contribution in [3.05, 3.63) is 63.9 Å². The number of likely N-dealkylation sites (N-methyl/N-ethyl adjacent to an activating group) is 1. The highest BCUT2D eigenvalue weighted by atomic mass is 32.2. The van der Waals surface area contributed by atoms with Gasteiger partial charge in [0.05, 0.1) is 22.3 Å². The van der Waals surface area contributed by atoms with E-state index in [2.05, 4.69) is 11.9 Å². The van der Waals surface area contributed by atoms with Gasteiger partial charge in [0.25, 0.3) is 5.56 Å². The number of amides is 1. The Kier molecular flexibility index (Phi) is 5.92. The van der Waals surface area contributed by atoms with Gasteiger partial charge in [0.2, 0.25) is 5.91 Å². The zero-order chi connectivity index (χ0) is 21.3. The molecule has 3 aromatic rings. The number of piperazine rings is 1. The van der Waals surface area contributed by atoms with Crippen molar-refractivity contribution >= 4 is 28.6 Å². The maximum absolute atomic E-state index is 13.4. The van der Waals surface area contributed by atoms with Gasteiger partial charge in [0, 0.05) is 26.2 Å². The number of carbonyl (C=O) groups is 1. The molecule has 2 aromatic carbocycles. The maximum atomic E-state index is 13.4. The first kappa shape index (κ1) is 20.6. The number of aryl methyl sites for hydroxylation is 2. The second kappa shape index (κ2) is 8.62. The zero-order valence-electron chi connectivity index (χ0n) is 17.6. The fourth-order valence-corrected chi connectivity index (χ4v) is 4.74. The van der Waals surface area contributed by atoms with Crippen molar-refractivity contribution in [3.63, 3.8) is 0 Å². The molecular weight excluding hydrogens is 396 g/mol. The van der Waals surface area contributed by atoms with Crippen LogP contribution in [0.15, 0.2) is 52.4 Å². The molecule has 7 heteroatoms. The van der Waals surface area contributed by atoms with Crippen LogP contribution < -0.4 is 5.56 Å². The molecule has 1 fully saturated rings. The van der Waals surface area contributed by atoms with Crippen molar-refractivity contribution in [1.29, 1.82) is 0 Å². The van der Waals surface area contributed by atoms with E-state index in [1.54, 1.807) is 10.6 Å². The molecule has 4 rings (SSSR count). The van der Waals surface area contributed by atoms with Gasteiger partial charge in [0.1, 0.15) is 0 Å². The minimum Gasteiger partial charge on any atom is -0.339 e. The molecule has 1 aliphatic rings. The number of aromatic nitrogens is 2. The van der Waals surface area contributed by atoms with Gasteiger partial charge in [-0.05, 0) is 44.2 Å². The highest BCUT2D eigenvalue weighted by Crippen LogP contribution is 2.25. The van der Waals surface area contributed by atoms with Gasteiger partial charge in [-0.1, -0.05) is 42.1 Å². The Hall–Kier alpha value is -2.64. The van der Waals surface area contributed by atoms with Crippen molar-refractivity contribution in [3.8, 4) is 5.69 Å². The summed E-state index contributed by atoms with van der Waals surface area (Å²) in [5, 5.41) is 1.13. The van der Waals surface area contributed by atoms with E-state index in [0.29, 0.717) is 16.1 Å². The smallest absolute Gasteiger partial charge is 0.266 e. The molecule has 1 saturated heterocycles. The molecule has 0 N–H and O–H groups in total. The van der Waals surface area contributed by atoms with E-state index < -0.39 is 0 Å². The monoisotopic (exact) mass is 422 g/mol. The first-order valence-electron chi connectivity index (χ1n) is 10.1. The Labute approximate surface area is 180 Å². The largest absolute Gasteiger partial charge is 0.339 e. The average Bonchev–Trinajstić information content (AvgIpc) is 2.74. The quantitative estimate of drug-likeness (QED) is 0.478. The molecule has 0 unspecified atom stereocenters. The van der Waals surface area contributed by atoms with Crippen LogP contribution in [0.1, 0.15) is 11.1 Å². The van der Waals surface area contributed by atoms with Crippen LogP contribution in [0.4, 0.5) is 0 Å². The third-order valence-corrected chi connectivity index (χ3v) is 6.51. The molecule has 1 amide bonds. The third kappa shape index (κ3) is 4.00. The lowest BCUT2D eigenvalue weighted by Crippen LogP contribution is -2.47. The summed E-state index contributed by atoms with van der Waals surface area (Å²) in [6, 6.07) is 13.3. The van der Waals surface area contributed by atoms with Crippen LogP contribution in [0.25, 0.3) is 16.6 Å². The van der Waals surface area contributed by atoms with Crippen molar-refractivity contribution in [2.24, 2.45) is 0 Å². The predicted octanol–water partition coefficient (Wildman–Crippen LogP) is 2.87. The molecule has 2 heterocycles. The van der Waals surface area contributed by atoms with Crippen molar-refractivity contribution in [2.45, 2.75) is 19.0 Å². The number of fused-ring (bicyclic) bond motifs is 1. The molecule has 0 aliphatic carbocycles. The molecule has 0 bridgehead atoms. The number of hydrogen-bond donors (Lipinski definition) is 0. The maximum Gasteiger partial charge on any atom is 0.266 e. The molecule has 0 spiro atoms. The lowest BCUT2D eigenvalue weighted by Gasteiger charge is -2.32.